The zero-order valence-electron chi connectivity index (χ0n) is 8.28. The van der Waals surface area contributed by atoms with Gasteiger partial charge in [-0.3, -0.25) is 19.7 Å². The summed E-state index contributed by atoms with van der Waals surface area (Å²) in [5, 5.41) is 5.20. The van der Waals surface area contributed by atoms with Crippen molar-refractivity contribution in [2.24, 2.45) is 0 Å². The van der Waals surface area contributed by atoms with Gasteiger partial charge in [-0.25, -0.2) is 0 Å². The van der Waals surface area contributed by atoms with Gasteiger partial charge in [-0.05, 0) is 12.8 Å². The normalized spacial score (nSPS) is 21.5. The van der Waals surface area contributed by atoms with Crippen LogP contribution < -0.4 is 10.6 Å². The molecule has 0 unspecified atom stereocenters. The van der Waals surface area contributed by atoms with Crippen LogP contribution in [-0.2, 0) is 14.4 Å². The number of amides is 3. The van der Waals surface area contributed by atoms with E-state index in [1.54, 1.807) is 0 Å². The highest BCUT2D eigenvalue weighted by Gasteiger charge is 2.27. The fourth-order valence-corrected chi connectivity index (χ4v) is 1.44. The Labute approximate surface area is 87.0 Å². The molecule has 82 valence electrons. The molecule has 6 heteroatoms. The lowest BCUT2D eigenvalue weighted by molar-refractivity contribution is -0.144. The van der Waals surface area contributed by atoms with Crippen molar-refractivity contribution in [2.75, 3.05) is 19.6 Å². The Hall–Kier alpha value is -1.43. The lowest BCUT2D eigenvalue weighted by Crippen LogP contribution is -2.55. The summed E-state index contributed by atoms with van der Waals surface area (Å²) in [6.07, 6.45) is 2.21. The quantitative estimate of drug-likeness (QED) is 0.541. The molecule has 2 rings (SSSR count). The maximum atomic E-state index is 11.6. The van der Waals surface area contributed by atoms with Crippen LogP contribution >= 0.6 is 0 Å². The van der Waals surface area contributed by atoms with Crippen molar-refractivity contribution < 1.29 is 14.4 Å². The predicted molar refractivity (Wildman–Crippen MR) is 50.8 cm³/mol. The van der Waals surface area contributed by atoms with Crippen LogP contribution in [0.2, 0.25) is 0 Å². The van der Waals surface area contributed by atoms with Crippen LogP contribution in [0.25, 0.3) is 0 Å². The van der Waals surface area contributed by atoms with E-state index in [0.29, 0.717) is 6.04 Å². The molecule has 0 aromatic heterocycles. The average molecular weight is 211 g/mol. The lowest BCUT2D eigenvalue weighted by atomic mass is 10.3. The molecule has 0 spiro atoms. The van der Waals surface area contributed by atoms with Crippen LogP contribution in [-0.4, -0.2) is 48.3 Å². The van der Waals surface area contributed by atoms with Gasteiger partial charge in [0.25, 0.3) is 0 Å². The number of carbonyl (C=O) groups is 3. The predicted octanol–water partition coefficient (Wildman–Crippen LogP) is -1.78. The monoisotopic (exact) mass is 211 g/mol. The minimum absolute atomic E-state index is 0.0169. The fraction of sp³-hybridized carbons (Fsp3) is 0.667. The third kappa shape index (κ3) is 2.76. The molecule has 1 saturated carbocycles. The number of rotatable bonds is 3. The number of carbonyl (C=O) groups excluding carboxylic acids is 3. The highest BCUT2D eigenvalue weighted by Crippen LogP contribution is 2.18. The molecule has 1 aliphatic heterocycles. The van der Waals surface area contributed by atoms with Gasteiger partial charge in [0.15, 0.2) is 0 Å². The molecule has 1 aliphatic carbocycles. The molecule has 0 atom stereocenters. The Balaban J connectivity index is 1.82. The van der Waals surface area contributed by atoms with Gasteiger partial charge in [0.05, 0.1) is 6.54 Å². The maximum absolute atomic E-state index is 11.6. The first kappa shape index (κ1) is 10.1. The largest absolute Gasteiger partial charge is 0.323 e. The highest BCUT2D eigenvalue weighted by atomic mass is 16.2. The maximum Gasteiger partial charge on any atom is 0.246 e. The van der Waals surface area contributed by atoms with Gasteiger partial charge in [0.1, 0.15) is 13.1 Å². The van der Waals surface area contributed by atoms with Gasteiger partial charge in [-0.2, -0.15) is 0 Å². The van der Waals surface area contributed by atoms with E-state index in [1.165, 1.54) is 4.90 Å². The summed E-state index contributed by atoms with van der Waals surface area (Å²) in [5.41, 5.74) is 0. The van der Waals surface area contributed by atoms with Crippen molar-refractivity contribution in [3.05, 3.63) is 0 Å². The summed E-state index contributed by atoms with van der Waals surface area (Å²) in [7, 11) is 0. The van der Waals surface area contributed by atoms with Crippen molar-refractivity contribution in [1.29, 1.82) is 0 Å². The minimum atomic E-state index is -0.411. The second-order valence-electron chi connectivity index (χ2n) is 3.88. The smallest absolute Gasteiger partial charge is 0.246 e. The topological polar surface area (TPSA) is 78.5 Å². The summed E-state index contributed by atoms with van der Waals surface area (Å²) >= 11 is 0. The molecular formula is C9H13N3O3. The third-order valence-corrected chi connectivity index (χ3v) is 2.42. The summed E-state index contributed by atoms with van der Waals surface area (Å²) in [6, 6.07) is 0.447. The van der Waals surface area contributed by atoms with Crippen LogP contribution in [0.5, 0.6) is 0 Å². The second kappa shape index (κ2) is 3.98. The van der Waals surface area contributed by atoms with Gasteiger partial charge in [-0.15, -0.1) is 0 Å². The lowest BCUT2D eigenvalue weighted by Gasteiger charge is -2.25. The van der Waals surface area contributed by atoms with Crippen LogP contribution in [0.3, 0.4) is 0 Å². The number of imide groups is 1. The Bertz CT molecular complexity index is 296. The van der Waals surface area contributed by atoms with E-state index in [4.69, 9.17) is 0 Å². The second-order valence-corrected chi connectivity index (χ2v) is 3.88. The molecule has 0 radical (unpaired) electrons. The highest BCUT2D eigenvalue weighted by molar-refractivity contribution is 6.02. The number of hydrogen-bond acceptors (Lipinski definition) is 4. The third-order valence-electron chi connectivity index (χ3n) is 2.42. The molecule has 1 heterocycles. The number of piperazine rings is 1. The van der Waals surface area contributed by atoms with Crippen LogP contribution in [0.4, 0.5) is 0 Å². The fourth-order valence-electron chi connectivity index (χ4n) is 1.44. The molecule has 1 saturated heterocycles. The molecule has 2 aliphatic rings. The molecule has 0 aromatic carbocycles. The molecular weight excluding hydrogens is 198 g/mol. The van der Waals surface area contributed by atoms with E-state index in [1.807, 2.05) is 0 Å². The van der Waals surface area contributed by atoms with Gasteiger partial charge >= 0.3 is 0 Å². The first-order valence-corrected chi connectivity index (χ1v) is 4.99. The van der Waals surface area contributed by atoms with Crippen LogP contribution in [0.1, 0.15) is 12.8 Å². The summed E-state index contributed by atoms with van der Waals surface area (Å²) in [5.74, 6) is -1.01. The average Bonchev–Trinajstić information content (AvgIpc) is 2.96. The molecule has 0 bridgehead atoms. The summed E-state index contributed by atoms with van der Waals surface area (Å²) in [6.45, 7) is 0.180. The van der Waals surface area contributed by atoms with Gasteiger partial charge in [-0.1, -0.05) is 0 Å². The van der Waals surface area contributed by atoms with E-state index in [-0.39, 0.29) is 25.5 Å². The number of nitrogens with one attached hydrogen (secondary N) is 2. The van der Waals surface area contributed by atoms with Crippen LogP contribution in [0.15, 0.2) is 0 Å². The molecule has 0 aromatic rings. The Morgan fingerprint density at radius 1 is 1.33 bits per heavy atom. The zero-order chi connectivity index (χ0) is 10.8. The Kier molecular flexibility index (Phi) is 2.68. The standard InChI is InChI=1S/C9H13N3O3/c13-7-4-12(5-8(14)11-7)9(15)3-10-6-1-2-6/h6,10H,1-5H2,(H,11,13,14). The molecule has 6 nitrogen and oxygen atoms in total. The number of hydrogen-bond donors (Lipinski definition) is 2. The molecule has 3 amide bonds. The van der Waals surface area contributed by atoms with E-state index in [9.17, 15) is 14.4 Å². The van der Waals surface area contributed by atoms with Gasteiger partial charge < -0.3 is 10.2 Å². The van der Waals surface area contributed by atoms with Crippen molar-refractivity contribution in [3.8, 4) is 0 Å². The minimum Gasteiger partial charge on any atom is -0.323 e. The first-order chi connectivity index (χ1) is 7.15. The van der Waals surface area contributed by atoms with E-state index < -0.39 is 11.8 Å². The SMILES string of the molecule is O=C1CN(C(=O)CNC2CC2)CC(=O)N1. The van der Waals surface area contributed by atoms with E-state index in [2.05, 4.69) is 10.6 Å². The summed E-state index contributed by atoms with van der Waals surface area (Å²) < 4.78 is 0. The summed E-state index contributed by atoms with van der Waals surface area (Å²) in [4.78, 5) is 34.8. The van der Waals surface area contributed by atoms with Crippen molar-refractivity contribution >= 4 is 17.7 Å². The van der Waals surface area contributed by atoms with Crippen molar-refractivity contribution in [3.63, 3.8) is 0 Å². The number of nitrogens with zero attached hydrogens (tertiary/aromatic N) is 1. The van der Waals surface area contributed by atoms with Crippen LogP contribution in [0, 0.1) is 0 Å². The molecule has 2 N–H and O–H groups in total. The molecule has 2 fully saturated rings. The molecule has 15 heavy (non-hydrogen) atoms. The zero-order valence-corrected chi connectivity index (χ0v) is 8.28. The van der Waals surface area contributed by atoms with Crippen molar-refractivity contribution in [2.45, 2.75) is 18.9 Å². The van der Waals surface area contributed by atoms with Gasteiger partial charge in [0, 0.05) is 6.04 Å². The first-order valence-electron chi connectivity index (χ1n) is 4.99. The van der Waals surface area contributed by atoms with E-state index >= 15 is 0 Å². The van der Waals surface area contributed by atoms with E-state index in [0.717, 1.165) is 12.8 Å². The van der Waals surface area contributed by atoms with Crippen molar-refractivity contribution in [1.82, 2.24) is 15.5 Å². The Morgan fingerprint density at radius 2 is 1.93 bits per heavy atom. The Morgan fingerprint density at radius 3 is 2.47 bits per heavy atom. The van der Waals surface area contributed by atoms with Gasteiger partial charge in [0.2, 0.25) is 17.7 Å².